The van der Waals surface area contributed by atoms with Gasteiger partial charge in [0, 0.05) is 6.54 Å². The lowest BCUT2D eigenvalue weighted by Crippen LogP contribution is -2.34. The molecule has 0 radical (unpaired) electrons. The average molecular weight is 306 g/mol. The molecular weight excluding hydrogens is 290 g/mol. The fourth-order valence-corrected chi connectivity index (χ4v) is 2.65. The van der Waals surface area contributed by atoms with Crippen molar-refractivity contribution in [3.63, 3.8) is 0 Å². The Morgan fingerprint density at radius 2 is 2.21 bits per heavy atom. The number of esters is 1. The second-order valence-corrected chi connectivity index (χ2v) is 5.18. The Kier molecular flexibility index (Phi) is 6.04. The number of aromatic nitrogens is 1. The quantitative estimate of drug-likeness (QED) is 0.775. The monoisotopic (exact) mass is 305 g/mol. The number of hydrogen-bond donors (Lipinski definition) is 1. The normalized spacial score (nSPS) is 10.3. The Bertz CT molecular complexity index is 464. The Labute approximate surface area is 120 Å². The van der Waals surface area contributed by atoms with Crippen LogP contribution in [0.25, 0.3) is 0 Å². The van der Waals surface area contributed by atoms with Crippen molar-refractivity contribution in [2.24, 2.45) is 5.73 Å². The minimum Gasteiger partial charge on any atom is -0.465 e. The van der Waals surface area contributed by atoms with Crippen LogP contribution in [0, 0.1) is 0 Å². The smallest absolute Gasteiger partial charge is 0.351 e. The van der Waals surface area contributed by atoms with E-state index in [9.17, 15) is 9.59 Å². The van der Waals surface area contributed by atoms with Crippen LogP contribution in [0.4, 0.5) is 5.13 Å². The van der Waals surface area contributed by atoms with Crippen LogP contribution in [-0.2, 0) is 9.53 Å². The molecule has 1 amide bonds. The van der Waals surface area contributed by atoms with Gasteiger partial charge in [0.05, 0.1) is 13.7 Å². The number of carbonyl (C=O) groups is 2. The molecule has 19 heavy (non-hydrogen) atoms. The summed E-state index contributed by atoms with van der Waals surface area (Å²) in [5.41, 5.74) is 5.20. The maximum atomic E-state index is 11.5. The number of methoxy groups -OCH3 is 1. The topological polar surface area (TPSA) is 85.5 Å². The Balaban J connectivity index is 2.95. The lowest BCUT2D eigenvalue weighted by atomic mass is 10.3. The number of unbranched alkanes of at least 4 members (excludes halogenated alkanes) is 1. The molecule has 0 fully saturated rings. The number of nitrogens with two attached hydrogens (primary N) is 1. The number of ether oxygens (including phenoxy) is 1. The van der Waals surface area contributed by atoms with E-state index in [1.807, 2.05) is 6.92 Å². The molecule has 0 aliphatic rings. The van der Waals surface area contributed by atoms with E-state index < -0.39 is 11.9 Å². The minimum atomic E-state index is -0.539. The van der Waals surface area contributed by atoms with Crippen molar-refractivity contribution in [3.8, 4) is 0 Å². The van der Waals surface area contributed by atoms with Gasteiger partial charge in [-0.25, -0.2) is 9.78 Å². The standard InChI is InChI=1S/C11H16ClN3O3S/c1-3-4-5-15(6-7(13)16)11-14-9(12)8(19-11)10(17)18-2/h3-6H2,1-2H3,(H2,13,16). The molecule has 0 aliphatic carbocycles. The highest BCUT2D eigenvalue weighted by atomic mass is 35.5. The Morgan fingerprint density at radius 1 is 1.53 bits per heavy atom. The lowest BCUT2D eigenvalue weighted by molar-refractivity contribution is -0.116. The number of primary amides is 1. The van der Waals surface area contributed by atoms with E-state index in [1.165, 1.54) is 7.11 Å². The van der Waals surface area contributed by atoms with Gasteiger partial charge in [-0.15, -0.1) is 0 Å². The number of hydrogen-bond acceptors (Lipinski definition) is 6. The van der Waals surface area contributed by atoms with Gasteiger partial charge < -0.3 is 15.4 Å². The second kappa shape index (κ2) is 7.30. The third-order valence-electron chi connectivity index (χ3n) is 2.34. The van der Waals surface area contributed by atoms with Gasteiger partial charge in [0.1, 0.15) is 0 Å². The summed E-state index contributed by atoms with van der Waals surface area (Å²) < 4.78 is 4.61. The molecule has 0 aromatic carbocycles. The zero-order chi connectivity index (χ0) is 14.4. The third-order valence-corrected chi connectivity index (χ3v) is 3.83. The van der Waals surface area contributed by atoms with E-state index in [4.69, 9.17) is 17.3 Å². The van der Waals surface area contributed by atoms with Gasteiger partial charge in [-0.2, -0.15) is 0 Å². The van der Waals surface area contributed by atoms with Gasteiger partial charge in [-0.05, 0) is 6.42 Å². The molecule has 6 nitrogen and oxygen atoms in total. The molecule has 0 spiro atoms. The van der Waals surface area contributed by atoms with Crippen LogP contribution in [0.5, 0.6) is 0 Å². The first kappa shape index (κ1) is 15.7. The van der Waals surface area contributed by atoms with E-state index >= 15 is 0 Å². The maximum Gasteiger partial charge on any atom is 0.351 e. The van der Waals surface area contributed by atoms with Crippen molar-refractivity contribution in [3.05, 3.63) is 10.0 Å². The summed E-state index contributed by atoms with van der Waals surface area (Å²) in [4.78, 5) is 28.6. The molecule has 2 N–H and O–H groups in total. The SMILES string of the molecule is CCCCN(CC(N)=O)c1nc(Cl)c(C(=O)OC)s1. The van der Waals surface area contributed by atoms with Crippen LogP contribution in [-0.4, -0.2) is 37.1 Å². The third kappa shape index (κ3) is 4.36. The predicted molar refractivity (Wildman–Crippen MR) is 74.8 cm³/mol. The molecule has 0 saturated carbocycles. The van der Waals surface area contributed by atoms with E-state index in [1.54, 1.807) is 4.90 Å². The summed E-state index contributed by atoms with van der Waals surface area (Å²) in [5.74, 6) is -0.995. The first-order valence-corrected chi connectivity index (χ1v) is 6.96. The second-order valence-electron chi connectivity index (χ2n) is 3.85. The molecule has 0 atom stereocenters. The maximum absolute atomic E-state index is 11.5. The van der Waals surface area contributed by atoms with Crippen molar-refractivity contribution in [2.75, 3.05) is 25.1 Å². The van der Waals surface area contributed by atoms with Gasteiger partial charge in [0.25, 0.3) is 0 Å². The number of amides is 1. The van der Waals surface area contributed by atoms with E-state index in [0.717, 1.165) is 24.2 Å². The van der Waals surface area contributed by atoms with Crippen molar-refractivity contribution < 1.29 is 14.3 Å². The van der Waals surface area contributed by atoms with Crippen LogP contribution >= 0.6 is 22.9 Å². The average Bonchev–Trinajstić information content (AvgIpc) is 2.75. The Morgan fingerprint density at radius 3 is 2.74 bits per heavy atom. The molecule has 1 rings (SSSR count). The summed E-state index contributed by atoms with van der Waals surface area (Å²) in [7, 11) is 1.27. The largest absolute Gasteiger partial charge is 0.465 e. The molecule has 1 aromatic heterocycles. The van der Waals surface area contributed by atoms with Crippen LogP contribution < -0.4 is 10.6 Å². The summed E-state index contributed by atoms with van der Waals surface area (Å²) >= 11 is 6.98. The van der Waals surface area contributed by atoms with Gasteiger partial charge in [0.2, 0.25) is 5.91 Å². The Hall–Kier alpha value is -1.34. The fraction of sp³-hybridized carbons (Fsp3) is 0.545. The van der Waals surface area contributed by atoms with Crippen LogP contribution in [0.2, 0.25) is 5.15 Å². The van der Waals surface area contributed by atoms with Gasteiger partial charge >= 0.3 is 5.97 Å². The fourth-order valence-electron chi connectivity index (χ4n) is 1.42. The molecule has 0 saturated heterocycles. The lowest BCUT2D eigenvalue weighted by Gasteiger charge is -2.19. The van der Waals surface area contributed by atoms with Crippen molar-refractivity contribution in [1.82, 2.24) is 4.98 Å². The van der Waals surface area contributed by atoms with Crippen molar-refractivity contribution >= 4 is 39.9 Å². The minimum absolute atomic E-state index is 0.0461. The molecule has 1 heterocycles. The van der Waals surface area contributed by atoms with Gasteiger partial charge in [0.15, 0.2) is 15.2 Å². The van der Waals surface area contributed by atoms with Gasteiger partial charge in [-0.3, -0.25) is 4.79 Å². The number of nitrogens with zero attached hydrogens (tertiary/aromatic N) is 2. The molecule has 0 aliphatic heterocycles. The summed E-state index contributed by atoms with van der Waals surface area (Å²) in [5, 5.41) is 0.579. The summed E-state index contributed by atoms with van der Waals surface area (Å²) in [6.07, 6.45) is 1.86. The van der Waals surface area contributed by atoms with Crippen LogP contribution in [0.15, 0.2) is 0 Å². The molecule has 0 bridgehead atoms. The summed E-state index contributed by atoms with van der Waals surface area (Å²) in [6.45, 7) is 2.71. The number of thiazole rings is 1. The molecule has 1 aromatic rings. The van der Waals surface area contributed by atoms with Crippen LogP contribution in [0.3, 0.4) is 0 Å². The van der Waals surface area contributed by atoms with Crippen molar-refractivity contribution in [1.29, 1.82) is 0 Å². The highest BCUT2D eigenvalue weighted by Gasteiger charge is 2.21. The number of carbonyl (C=O) groups excluding carboxylic acids is 2. The zero-order valence-electron chi connectivity index (χ0n) is 10.8. The predicted octanol–water partition coefficient (Wildman–Crippen LogP) is 1.67. The zero-order valence-corrected chi connectivity index (χ0v) is 12.4. The highest BCUT2D eigenvalue weighted by Crippen LogP contribution is 2.30. The summed E-state index contributed by atoms with van der Waals surface area (Å²) in [6, 6.07) is 0. The highest BCUT2D eigenvalue weighted by molar-refractivity contribution is 7.18. The molecular formula is C11H16ClN3O3S. The number of anilines is 1. The molecule has 106 valence electrons. The molecule has 0 unspecified atom stereocenters. The van der Waals surface area contributed by atoms with Crippen molar-refractivity contribution in [2.45, 2.75) is 19.8 Å². The first-order valence-electron chi connectivity index (χ1n) is 5.77. The number of halogens is 1. The van der Waals surface area contributed by atoms with Gasteiger partial charge in [-0.1, -0.05) is 36.3 Å². The number of rotatable bonds is 7. The molecule has 8 heteroatoms. The van der Waals surface area contributed by atoms with E-state index in [2.05, 4.69) is 9.72 Å². The van der Waals surface area contributed by atoms with E-state index in [-0.39, 0.29) is 16.6 Å². The van der Waals surface area contributed by atoms with Crippen LogP contribution in [0.1, 0.15) is 29.4 Å². The van der Waals surface area contributed by atoms with E-state index in [0.29, 0.717) is 11.7 Å². The first-order chi connectivity index (χ1) is 8.99.